The van der Waals surface area contributed by atoms with Crippen molar-refractivity contribution in [1.82, 2.24) is 15.1 Å². The molecule has 1 aromatic heterocycles. The van der Waals surface area contributed by atoms with Gasteiger partial charge in [-0.2, -0.15) is 5.10 Å². The molecule has 0 aliphatic carbocycles. The average Bonchev–Trinajstić information content (AvgIpc) is 3.04. The fraction of sp³-hybridized carbons (Fsp3) is 0.250. The van der Waals surface area contributed by atoms with E-state index in [-0.39, 0.29) is 5.69 Å². The second-order valence-corrected chi connectivity index (χ2v) is 6.33. The van der Waals surface area contributed by atoms with Crippen molar-refractivity contribution in [1.29, 1.82) is 0 Å². The number of aryl methyl sites for hydroxylation is 1. The van der Waals surface area contributed by atoms with Gasteiger partial charge in [-0.05, 0) is 23.3 Å². The van der Waals surface area contributed by atoms with Gasteiger partial charge in [0, 0.05) is 56.7 Å². The molecule has 7 heteroatoms. The smallest absolute Gasteiger partial charge is 0.269 e. The molecule has 0 spiro atoms. The highest BCUT2D eigenvalue weighted by Crippen LogP contribution is 2.24. The van der Waals surface area contributed by atoms with Crippen LogP contribution >= 0.6 is 0 Å². The van der Waals surface area contributed by atoms with Crippen molar-refractivity contribution in [2.24, 2.45) is 7.05 Å². The van der Waals surface area contributed by atoms with E-state index in [1.807, 2.05) is 13.2 Å². The normalized spacial score (nSPS) is 10.9. The first-order valence-electron chi connectivity index (χ1n) is 8.61. The summed E-state index contributed by atoms with van der Waals surface area (Å²) in [4.78, 5) is 10.4. The van der Waals surface area contributed by atoms with Crippen molar-refractivity contribution in [3.63, 3.8) is 0 Å². The van der Waals surface area contributed by atoms with Gasteiger partial charge in [-0.1, -0.05) is 24.3 Å². The number of nitrogens with one attached hydrogen (secondary N) is 1. The summed E-state index contributed by atoms with van der Waals surface area (Å²) < 4.78 is 6.88. The van der Waals surface area contributed by atoms with Gasteiger partial charge in [0.05, 0.1) is 17.2 Å². The number of aromatic nitrogens is 2. The molecular weight excluding hydrogens is 344 g/mol. The van der Waals surface area contributed by atoms with E-state index in [0.717, 1.165) is 28.9 Å². The standard InChI is InChI=1S/C20H22N4O3/c1-23-13-18(12-21-11-15-3-5-16(6-4-15)14-27-2)20(22-23)17-7-9-19(10-8-17)24(25)26/h3-10,13,21H,11-12,14H2,1-2H3. The molecule has 7 nitrogen and oxygen atoms in total. The number of rotatable bonds is 8. The fourth-order valence-corrected chi connectivity index (χ4v) is 2.91. The molecule has 0 radical (unpaired) electrons. The lowest BCUT2D eigenvalue weighted by atomic mass is 10.1. The number of nitrogens with zero attached hydrogens (tertiary/aromatic N) is 3. The molecule has 0 aliphatic rings. The number of nitro benzene ring substituents is 1. The van der Waals surface area contributed by atoms with Crippen LogP contribution in [0.4, 0.5) is 5.69 Å². The van der Waals surface area contributed by atoms with Crippen LogP contribution in [0, 0.1) is 10.1 Å². The first kappa shape index (κ1) is 18.8. The zero-order chi connectivity index (χ0) is 19.2. The van der Waals surface area contributed by atoms with Gasteiger partial charge in [0.25, 0.3) is 5.69 Å². The maximum absolute atomic E-state index is 10.8. The molecule has 3 aromatic rings. The molecule has 0 amide bonds. The number of ether oxygens (including phenoxy) is 1. The summed E-state index contributed by atoms with van der Waals surface area (Å²) in [6, 6.07) is 14.8. The molecule has 0 aliphatic heterocycles. The second-order valence-electron chi connectivity index (χ2n) is 6.33. The number of hydrogen-bond donors (Lipinski definition) is 1. The maximum atomic E-state index is 10.8. The fourth-order valence-electron chi connectivity index (χ4n) is 2.91. The lowest BCUT2D eigenvalue weighted by Crippen LogP contribution is -2.13. The van der Waals surface area contributed by atoms with Gasteiger partial charge in [0.2, 0.25) is 0 Å². The molecule has 1 N–H and O–H groups in total. The van der Waals surface area contributed by atoms with Crippen molar-refractivity contribution < 1.29 is 9.66 Å². The van der Waals surface area contributed by atoms with Crippen molar-refractivity contribution in [3.8, 4) is 11.3 Å². The molecule has 1 heterocycles. The Morgan fingerprint density at radius 2 is 1.74 bits per heavy atom. The summed E-state index contributed by atoms with van der Waals surface area (Å²) in [5, 5.41) is 18.8. The predicted octanol–water partition coefficient (Wildman–Crippen LogP) is 3.43. The summed E-state index contributed by atoms with van der Waals surface area (Å²) in [6.45, 7) is 2.00. The second kappa shape index (κ2) is 8.57. The number of hydrogen-bond acceptors (Lipinski definition) is 5. The zero-order valence-electron chi connectivity index (χ0n) is 15.4. The van der Waals surface area contributed by atoms with Crippen molar-refractivity contribution in [3.05, 3.63) is 81.5 Å². The lowest BCUT2D eigenvalue weighted by molar-refractivity contribution is -0.384. The Balaban J connectivity index is 1.66. The van der Waals surface area contributed by atoms with E-state index in [0.29, 0.717) is 13.2 Å². The Morgan fingerprint density at radius 3 is 2.37 bits per heavy atom. The Kier molecular flexibility index (Phi) is 5.95. The Bertz CT molecular complexity index is 902. The van der Waals surface area contributed by atoms with Gasteiger partial charge >= 0.3 is 0 Å². The van der Waals surface area contributed by atoms with Gasteiger partial charge in [-0.15, -0.1) is 0 Å². The molecule has 0 atom stereocenters. The van der Waals surface area contributed by atoms with Crippen LogP contribution in [0.5, 0.6) is 0 Å². The number of nitro groups is 1. The largest absolute Gasteiger partial charge is 0.380 e. The Morgan fingerprint density at radius 1 is 1.07 bits per heavy atom. The average molecular weight is 366 g/mol. The summed E-state index contributed by atoms with van der Waals surface area (Å²) in [5.41, 5.74) is 5.15. The minimum Gasteiger partial charge on any atom is -0.380 e. The molecule has 0 fully saturated rings. The molecule has 0 unspecified atom stereocenters. The van der Waals surface area contributed by atoms with Crippen LogP contribution in [-0.2, 0) is 31.5 Å². The first-order valence-corrected chi connectivity index (χ1v) is 8.61. The molecule has 27 heavy (non-hydrogen) atoms. The predicted molar refractivity (Wildman–Crippen MR) is 103 cm³/mol. The molecule has 0 saturated heterocycles. The molecule has 0 bridgehead atoms. The highest BCUT2D eigenvalue weighted by molar-refractivity contribution is 5.64. The van der Waals surface area contributed by atoms with Crippen molar-refractivity contribution in [2.75, 3.05) is 7.11 Å². The van der Waals surface area contributed by atoms with Crippen molar-refractivity contribution in [2.45, 2.75) is 19.7 Å². The van der Waals surface area contributed by atoms with E-state index in [1.165, 1.54) is 17.7 Å². The summed E-state index contributed by atoms with van der Waals surface area (Å²) in [6.07, 6.45) is 1.96. The molecule has 0 saturated carbocycles. The van der Waals surface area contributed by atoms with E-state index in [2.05, 4.69) is 34.7 Å². The van der Waals surface area contributed by atoms with E-state index in [1.54, 1.807) is 23.9 Å². The third-order valence-corrected chi connectivity index (χ3v) is 4.23. The van der Waals surface area contributed by atoms with Crippen LogP contribution in [0.15, 0.2) is 54.7 Å². The van der Waals surface area contributed by atoms with E-state index in [9.17, 15) is 10.1 Å². The van der Waals surface area contributed by atoms with Crippen LogP contribution < -0.4 is 5.32 Å². The van der Waals surface area contributed by atoms with E-state index >= 15 is 0 Å². The summed E-state index contributed by atoms with van der Waals surface area (Å²) in [5.74, 6) is 0. The van der Waals surface area contributed by atoms with Gasteiger partial charge in [-0.3, -0.25) is 14.8 Å². The van der Waals surface area contributed by atoms with E-state index < -0.39 is 4.92 Å². The SMILES string of the molecule is COCc1ccc(CNCc2cn(C)nc2-c2ccc([N+](=O)[O-])cc2)cc1. The van der Waals surface area contributed by atoms with E-state index in [4.69, 9.17) is 4.74 Å². The molecule has 2 aromatic carbocycles. The van der Waals surface area contributed by atoms with Gasteiger partial charge in [0.15, 0.2) is 0 Å². The highest BCUT2D eigenvalue weighted by Gasteiger charge is 2.12. The first-order chi connectivity index (χ1) is 13.1. The van der Waals surface area contributed by atoms with Crippen LogP contribution in [-0.4, -0.2) is 21.8 Å². The summed E-state index contributed by atoms with van der Waals surface area (Å²) in [7, 11) is 3.55. The monoisotopic (exact) mass is 366 g/mol. The zero-order valence-corrected chi connectivity index (χ0v) is 15.4. The number of benzene rings is 2. The third-order valence-electron chi connectivity index (χ3n) is 4.23. The van der Waals surface area contributed by atoms with Crippen LogP contribution in [0.3, 0.4) is 0 Å². The molecular formula is C20H22N4O3. The third kappa shape index (κ3) is 4.78. The quantitative estimate of drug-likeness (QED) is 0.488. The van der Waals surface area contributed by atoms with Gasteiger partial charge in [0.1, 0.15) is 0 Å². The topological polar surface area (TPSA) is 82.2 Å². The molecule has 140 valence electrons. The maximum Gasteiger partial charge on any atom is 0.269 e. The minimum absolute atomic E-state index is 0.0753. The van der Waals surface area contributed by atoms with Crippen LogP contribution in [0.2, 0.25) is 0 Å². The van der Waals surface area contributed by atoms with Gasteiger partial charge < -0.3 is 10.1 Å². The molecule has 3 rings (SSSR count). The minimum atomic E-state index is -0.400. The van der Waals surface area contributed by atoms with Gasteiger partial charge in [-0.25, -0.2) is 0 Å². The number of non-ortho nitro benzene ring substituents is 1. The number of methoxy groups -OCH3 is 1. The summed E-state index contributed by atoms with van der Waals surface area (Å²) >= 11 is 0. The lowest BCUT2D eigenvalue weighted by Gasteiger charge is -2.07. The Labute approximate surface area is 157 Å². The Hall–Kier alpha value is -3.03. The van der Waals surface area contributed by atoms with Crippen molar-refractivity contribution >= 4 is 5.69 Å². The highest BCUT2D eigenvalue weighted by atomic mass is 16.6. The van der Waals surface area contributed by atoms with Crippen LogP contribution in [0.25, 0.3) is 11.3 Å². The van der Waals surface area contributed by atoms with Crippen LogP contribution in [0.1, 0.15) is 16.7 Å².